The minimum Gasteiger partial charge on any atom is -0.462 e. The maximum Gasteiger partial charge on any atom is 0.306 e. The first-order valence-corrected chi connectivity index (χ1v) is 31.3. The zero-order valence-electron chi connectivity index (χ0n) is 47.3. The summed E-state index contributed by atoms with van der Waals surface area (Å²) in [5.74, 6) is -0.852. The largest absolute Gasteiger partial charge is 0.462 e. The maximum absolute atomic E-state index is 12.8. The highest BCUT2D eigenvalue weighted by Crippen LogP contribution is 2.18. The van der Waals surface area contributed by atoms with Gasteiger partial charge in [-0.25, -0.2) is 0 Å². The molecule has 0 aromatic carbocycles. The van der Waals surface area contributed by atoms with Crippen molar-refractivity contribution in [3.63, 3.8) is 0 Å². The highest BCUT2D eigenvalue weighted by Gasteiger charge is 2.19. The molecule has 0 amide bonds. The first kappa shape index (κ1) is 67.9. The summed E-state index contributed by atoms with van der Waals surface area (Å²) < 4.78 is 16.8. The third kappa shape index (κ3) is 56.8. The van der Waals surface area contributed by atoms with Crippen molar-refractivity contribution in [3.05, 3.63) is 24.3 Å². The number of carbonyl (C=O) groups is 3. The van der Waals surface area contributed by atoms with Crippen LogP contribution in [0.25, 0.3) is 0 Å². The molecule has 0 bridgehead atoms. The van der Waals surface area contributed by atoms with Crippen molar-refractivity contribution < 1.29 is 28.6 Å². The summed E-state index contributed by atoms with van der Waals surface area (Å²) in [5.41, 5.74) is 0. The van der Waals surface area contributed by atoms with Gasteiger partial charge in [-0.3, -0.25) is 14.4 Å². The quantitative estimate of drug-likeness (QED) is 0.0261. The molecule has 6 heteroatoms. The van der Waals surface area contributed by atoms with E-state index in [2.05, 4.69) is 45.1 Å². The number of rotatable bonds is 58. The molecule has 0 fully saturated rings. The molecule has 0 spiro atoms. The molecule has 1 unspecified atom stereocenters. The Labute approximate surface area is 436 Å². The van der Waals surface area contributed by atoms with Crippen molar-refractivity contribution in [3.8, 4) is 0 Å². The van der Waals surface area contributed by atoms with Crippen LogP contribution in [0.2, 0.25) is 0 Å². The Balaban J connectivity index is 4.10. The summed E-state index contributed by atoms with van der Waals surface area (Å²) in [4.78, 5) is 38.0. The molecule has 0 saturated heterocycles. The molecule has 0 radical (unpaired) electrons. The lowest BCUT2D eigenvalue weighted by Crippen LogP contribution is -2.30. The van der Waals surface area contributed by atoms with E-state index < -0.39 is 6.10 Å². The first-order chi connectivity index (χ1) is 34.5. The fourth-order valence-corrected chi connectivity index (χ4v) is 9.48. The van der Waals surface area contributed by atoms with Gasteiger partial charge < -0.3 is 14.2 Å². The smallest absolute Gasteiger partial charge is 0.306 e. The third-order valence-corrected chi connectivity index (χ3v) is 14.2. The number of allylic oxidation sites excluding steroid dienone is 4. The van der Waals surface area contributed by atoms with Gasteiger partial charge in [-0.1, -0.05) is 302 Å². The van der Waals surface area contributed by atoms with Crippen LogP contribution in [0, 0.1) is 0 Å². The Bertz CT molecular complexity index is 1130. The van der Waals surface area contributed by atoms with Gasteiger partial charge in [-0.05, 0) is 51.4 Å². The summed E-state index contributed by atoms with van der Waals surface area (Å²) in [7, 11) is 0. The van der Waals surface area contributed by atoms with Crippen molar-refractivity contribution in [2.45, 2.75) is 354 Å². The molecule has 0 aliphatic rings. The van der Waals surface area contributed by atoms with Crippen LogP contribution >= 0.6 is 0 Å². The van der Waals surface area contributed by atoms with Crippen molar-refractivity contribution in [2.75, 3.05) is 13.2 Å². The van der Waals surface area contributed by atoms with Gasteiger partial charge in [0.05, 0.1) is 0 Å². The van der Waals surface area contributed by atoms with Gasteiger partial charge in [0.2, 0.25) is 0 Å². The zero-order chi connectivity index (χ0) is 50.7. The van der Waals surface area contributed by atoms with Crippen LogP contribution < -0.4 is 0 Å². The van der Waals surface area contributed by atoms with Gasteiger partial charge in [-0.2, -0.15) is 0 Å². The van der Waals surface area contributed by atoms with E-state index in [0.717, 1.165) is 64.2 Å². The van der Waals surface area contributed by atoms with E-state index >= 15 is 0 Å². The van der Waals surface area contributed by atoms with Gasteiger partial charge in [0.15, 0.2) is 6.10 Å². The van der Waals surface area contributed by atoms with Crippen LogP contribution in [0.15, 0.2) is 24.3 Å². The molecule has 0 heterocycles. The molecule has 0 aliphatic carbocycles. The number of ether oxygens (including phenoxy) is 3. The van der Waals surface area contributed by atoms with Crippen molar-refractivity contribution in [1.82, 2.24) is 0 Å². The number of hydrogen-bond acceptors (Lipinski definition) is 6. The fourth-order valence-electron chi connectivity index (χ4n) is 9.48. The van der Waals surface area contributed by atoms with Gasteiger partial charge in [-0.15, -0.1) is 0 Å². The van der Waals surface area contributed by atoms with Crippen molar-refractivity contribution in [1.29, 1.82) is 0 Å². The normalized spacial score (nSPS) is 12.1. The average Bonchev–Trinajstić information content (AvgIpc) is 3.36. The number of esters is 3. The van der Waals surface area contributed by atoms with Gasteiger partial charge in [0.25, 0.3) is 0 Å². The Morgan fingerprint density at radius 2 is 0.514 bits per heavy atom. The summed E-state index contributed by atoms with van der Waals surface area (Å²) in [6, 6.07) is 0. The van der Waals surface area contributed by atoms with Crippen LogP contribution in [0.4, 0.5) is 0 Å². The summed E-state index contributed by atoms with van der Waals surface area (Å²) in [6.07, 6.45) is 70.7. The van der Waals surface area contributed by atoms with E-state index in [1.807, 2.05) is 0 Å². The molecule has 0 aliphatic heterocycles. The lowest BCUT2D eigenvalue weighted by molar-refractivity contribution is -0.167. The Kier molecular flexibility index (Phi) is 57.7. The van der Waals surface area contributed by atoms with E-state index in [4.69, 9.17) is 14.2 Å². The highest BCUT2D eigenvalue weighted by atomic mass is 16.6. The second-order valence-electron chi connectivity index (χ2n) is 21.3. The van der Waals surface area contributed by atoms with Gasteiger partial charge in [0.1, 0.15) is 13.2 Å². The molecular weight excluding hydrogens is 865 g/mol. The van der Waals surface area contributed by atoms with E-state index in [0.29, 0.717) is 19.3 Å². The molecule has 0 aromatic rings. The minimum atomic E-state index is -0.766. The third-order valence-electron chi connectivity index (χ3n) is 14.2. The fraction of sp³-hybridized carbons (Fsp3) is 0.891. The molecule has 70 heavy (non-hydrogen) atoms. The number of unbranched alkanes of at least 4 members (excludes halogenated alkanes) is 43. The van der Waals surface area contributed by atoms with E-state index in [1.54, 1.807) is 0 Å². The molecule has 0 aromatic heterocycles. The summed E-state index contributed by atoms with van der Waals surface area (Å²) in [5, 5.41) is 0. The monoisotopic (exact) mass is 985 g/mol. The highest BCUT2D eigenvalue weighted by molar-refractivity contribution is 5.71. The van der Waals surface area contributed by atoms with Crippen LogP contribution in [0.1, 0.15) is 348 Å². The lowest BCUT2D eigenvalue weighted by Gasteiger charge is -2.18. The van der Waals surface area contributed by atoms with Gasteiger partial charge in [0, 0.05) is 19.3 Å². The predicted octanol–water partition coefficient (Wildman–Crippen LogP) is 21.1. The first-order valence-electron chi connectivity index (χ1n) is 31.3. The summed E-state index contributed by atoms with van der Waals surface area (Å²) >= 11 is 0. The average molecular weight is 986 g/mol. The summed E-state index contributed by atoms with van der Waals surface area (Å²) in [6.45, 7) is 6.65. The second-order valence-corrected chi connectivity index (χ2v) is 21.3. The lowest BCUT2D eigenvalue weighted by atomic mass is 10.0. The predicted molar refractivity (Wildman–Crippen MR) is 303 cm³/mol. The zero-order valence-corrected chi connectivity index (χ0v) is 47.3. The molecule has 412 valence electrons. The van der Waals surface area contributed by atoms with E-state index in [1.165, 1.54) is 244 Å². The minimum absolute atomic E-state index is 0.0670. The molecule has 0 N–H and O–H groups in total. The Morgan fingerprint density at radius 1 is 0.286 bits per heavy atom. The van der Waals surface area contributed by atoms with Gasteiger partial charge >= 0.3 is 17.9 Å². The molecule has 1 atom stereocenters. The standard InChI is InChI=1S/C64H120O6/c1-4-7-10-13-16-18-20-22-24-26-28-30-32-34-35-37-39-41-43-45-48-51-54-57-63(66)69-60-61(59-68-62(65)56-53-50-47-15-12-9-6-3)70-64(67)58-55-52-49-46-44-42-40-38-36-33-31-29-27-25-23-21-19-17-14-11-8-5-2/h20,22,26,28,61H,4-19,21,23-25,27,29-60H2,1-3H3/b22-20-,28-26-. The number of carbonyl (C=O) groups excluding carboxylic acids is 3. The topological polar surface area (TPSA) is 78.9 Å². The van der Waals surface area contributed by atoms with E-state index in [9.17, 15) is 14.4 Å². The van der Waals surface area contributed by atoms with Crippen LogP contribution in [-0.4, -0.2) is 37.2 Å². The Morgan fingerprint density at radius 3 is 0.786 bits per heavy atom. The van der Waals surface area contributed by atoms with Crippen molar-refractivity contribution in [2.24, 2.45) is 0 Å². The van der Waals surface area contributed by atoms with Crippen LogP contribution in [-0.2, 0) is 28.6 Å². The second kappa shape index (κ2) is 59.5. The van der Waals surface area contributed by atoms with Crippen molar-refractivity contribution >= 4 is 17.9 Å². The molecule has 0 rings (SSSR count). The van der Waals surface area contributed by atoms with Crippen LogP contribution in [0.5, 0.6) is 0 Å². The SMILES string of the molecule is CCCCCCC/C=C\C/C=C\CCCCCCCCCCCCCC(=O)OCC(COC(=O)CCCCCCCCC)OC(=O)CCCCCCCCCCCCCCCCCCCCCCCC. The molecular formula is C64H120O6. The number of hydrogen-bond donors (Lipinski definition) is 0. The molecule has 6 nitrogen and oxygen atoms in total. The maximum atomic E-state index is 12.8. The van der Waals surface area contributed by atoms with E-state index in [-0.39, 0.29) is 31.1 Å². The molecule has 0 saturated carbocycles. The Hall–Kier alpha value is -2.11. The van der Waals surface area contributed by atoms with Crippen LogP contribution in [0.3, 0.4) is 0 Å².